The highest BCUT2D eigenvalue weighted by Gasteiger charge is 2.23. The standard InChI is InChI=1S/C19H27NO5/c1-19(2,3)25-10-8-16(18(22)23)20-17(21)14-6-4-5-13(11-14)15-7-9-24-12-15/h4-6,11,15-16H,7-10,12H2,1-3H3,(H,20,21)(H,22,23). The average Bonchev–Trinajstić information content (AvgIpc) is 3.07. The van der Waals surface area contributed by atoms with Crippen LogP contribution in [0.4, 0.5) is 0 Å². The number of benzene rings is 1. The third-order valence-electron chi connectivity index (χ3n) is 4.09. The fraction of sp³-hybridized carbons (Fsp3) is 0.579. The van der Waals surface area contributed by atoms with Crippen LogP contribution >= 0.6 is 0 Å². The number of carbonyl (C=O) groups excluding carboxylic acids is 1. The smallest absolute Gasteiger partial charge is 0.326 e. The van der Waals surface area contributed by atoms with Gasteiger partial charge in [0.05, 0.1) is 12.2 Å². The van der Waals surface area contributed by atoms with E-state index in [9.17, 15) is 14.7 Å². The first-order chi connectivity index (χ1) is 11.8. The summed E-state index contributed by atoms with van der Waals surface area (Å²) >= 11 is 0. The molecule has 0 spiro atoms. The lowest BCUT2D eigenvalue weighted by Gasteiger charge is -2.21. The Morgan fingerprint density at radius 3 is 2.76 bits per heavy atom. The maximum absolute atomic E-state index is 12.4. The molecule has 0 saturated carbocycles. The number of hydrogen-bond acceptors (Lipinski definition) is 4. The molecule has 2 atom stereocenters. The number of carboxylic acid groups (broad SMARTS) is 1. The molecule has 0 aromatic heterocycles. The minimum atomic E-state index is -1.06. The molecule has 1 saturated heterocycles. The molecule has 25 heavy (non-hydrogen) atoms. The van der Waals surface area contributed by atoms with Crippen LogP contribution in [0, 0.1) is 0 Å². The fourth-order valence-corrected chi connectivity index (χ4v) is 2.71. The highest BCUT2D eigenvalue weighted by molar-refractivity contribution is 5.96. The summed E-state index contributed by atoms with van der Waals surface area (Å²) in [7, 11) is 0. The normalized spacial score (nSPS) is 18.8. The van der Waals surface area contributed by atoms with Gasteiger partial charge in [-0.05, 0) is 44.9 Å². The Morgan fingerprint density at radius 1 is 1.40 bits per heavy atom. The largest absolute Gasteiger partial charge is 0.480 e. The first kappa shape index (κ1) is 19.4. The van der Waals surface area contributed by atoms with Gasteiger partial charge in [-0.25, -0.2) is 4.79 Å². The second-order valence-electron chi connectivity index (χ2n) is 7.30. The van der Waals surface area contributed by atoms with Crippen molar-refractivity contribution in [2.75, 3.05) is 19.8 Å². The Kier molecular flexibility index (Phi) is 6.56. The van der Waals surface area contributed by atoms with Crippen LogP contribution in [0.2, 0.25) is 0 Å². The Balaban J connectivity index is 1.98. The van der Waals surface area contributed by atoms with E-state index in [-0.39, 0.29) is 24.5 Å². The van der Waals surface area contributed by atoms with Gasteiger partial charge in [-0.2, -0.15) is 0 Å². The van der Waals surface area contributed by atoms with Crippen LogP contribution in [0.1, 0.15) is 55.5 Å². The van der Waals surface area contributed by atoms with Crippen LogP contribution in [-0.4, -0.2) is 48.4 Å². The van der Waals surface area contributed by atoms with Gasteiger partial charge < -0.3 is 19.9 Å². The van der Waals surface area contributed by atoms with Gasteiger partial charge in [-0.1, -0.05) is 12.1 Å². The van der Waals surface area contributed by atoms with Gasteiger partial charge in [0.25, 0.3) is 5.91 Å². The lowest BCUT2D eigenvalue weighted by Crippen LogP contribution is -2.42. The third kappa shape index (κ3) is 6.14. The molecule has 1 aliphatic rings. The molecule has 6 heteroatoms. The van der Waals surface area contributed by atoms with Crippen molar-refractivity contribution in [1.29, 1.82) is 0 Å². The second-order valence-corrected chi connectivity index (χ2v) is 7.30. The lowest BCUT2D eigenvalue weighted by molar-refractivity contribution is -0.140. The van der Waals surface area contributed by atoms with Gasteiger partial charge in [0.1, 0.15) is 6.04 Å². The fourth-order valence-electron chi connectivity index (χ4n) is 2.71. The van der Waals surface area contributed by atoms with Crippen LogP contribution in [0.15, 0.2) is 24.3 Å². The molecule has 1 heterocycles. The van der Waals surface area contributed by atoms with E-state index in [1.165, 1.54) is 0 Å². The number of hydrogen-bond donors (Lipinski definition) is 2. The van der Waals surface area contributed by atoms with Crippen LogP contribution in [0.25, 0.3) is 0 Å². The van der Waals surface area contributed by atoms with Gasteiger partial charge in [0.2, 0.25) is 0 Å². The van der Waals surface area contributed by atoms with Crippen molar-refractivity contribution in [3.63, 3.8) is 0 Å². The molecule has 0 radical (unpaired) electrons. The van der Waals surface area contributed by atoms with E-state index in [1.807, 2.05) is 39.0 Å². The minimum Gasteiger partial charge on any atom is -0.480 e. The topological polar surface area (TPSA) is 84.9 Å². The summed E-state index contributed by atoms with van der Waals surface area (Å²) in [6.07, 6.45) is 1.15. The molecule has 0 bridgehead atoms. The van der Waals surface area contributed by atoms with Gasteiger partial charge in [0, 0.05) is 31.1 Å². The predicted octanol–water partition coefficient (Wildman–Crippen LogP) is 2.58. The lowest BCUT2D eigenvalue weighted by atomic mass is 9.96. The molecule has 1 aromatic carbocycles. The Labute approximate surface area is 148 Å². The first-order valence-corrected chi connectivity index (χ1v) is 8.61. The third-order valence-corrected chi connectivity index (χ3v) is 4.09. The van der Waals surface area contributed by atoms with Gasteiger partial charge in [0.15, 0.2) is 0 Å². The molecule has 2 unspecified atom stereocenters. The summed E-state index contributed by atoms with van der Waals surface area (Å²) in [5, 5.41) is 11.9. The quantitative estimate of drug-likeness (QED) is 0.790. The zero-order valence-corrected chi connectivity index (χ0v) is 15.1. The zero-order chi connectivity index (χ0) is 18.4. The first-order valence-electron chi connectivity index (χ1n) is 8.61. The average molecular weight is 349 g/mol. The minimum absolute atomic E-state index is 0.217. The van der Waals surface area contributed by atoms with Crippen LogP contribution in [-0.2, 0) is 14.3 Å². The van der Waals surface area contributed by atoms with Crippen molar-refractivity contribution in [2.45, 2.75) is 51.2 Å². The summed E-state index contributed by atoms with van der Waals surface area (Å²) in [5.41, 5.74) is 1.17. The van der Waals surface area contributed by atoms with Crippen LogP contribution in [0.3, 0.4) is 0 Å². The Morgan fingerprint density at radius 2 is 2.16 bits per heavy atom. The van der Waals surface area contributed by atoms with E-state index >= 15 is 0 Å². The predicted molar refractivity (Wildman–Crippen MR) is 93.8 cm³/mol. The van der Waals surface area contributed by atoms with E-state index in [2.05, 4.69) is 5.32 Å². The van der Waals surface area contributed by atoms with E-state index in [0.717, 1.165) is 18.6 Å². The number of amides is 1. The molecule has 1 amide bonds. The molecular formula is C19H27NO5. The number of ether oxygens (including phenoxy) is 2. The molecule has 1 aromatic rings. The molecule has 2 N–H and O–H groups in total. The van der Waals surface area contributed by atoms with Gasteiger partial charge >= 0.3 is 5.97 Å². The van der Waals surface area contributed by atoms with Crippen molar-refractivity contribution >= 4 is 11.9 Å². The number of carboxylic acids is 1. The van der Waals surface area contributed by atoms with Crippen LogP contribution < -0.4 is 5.32 Å². The molecule has 0 aliphatic carbocycles. The number of carbonyl (C=O) groups is 2. The maximum Gasteiger partial charge on any atom is 0.326 e. The molecule has 1 fully saturated rings. The van der Waals surface area contributed by atoms with E-state index in [1.54, 1.807) is 6.07 Å². The Bertz CT molecular complexity index is 602. The molecule has 2 rings (SSSR count). The summed E-state index contributed by atoms with van der Waals surface area (Å²) in [6.45, 7) is 7.36. The highest BCUT2D eigenvalue weighted by Crippen LogP contribution is 2.25. The van der Waals surface area contributed by atoms with Crippen molar-refractivity contribution < 1.29 is 24.2 Å². The van der Waals surface area contributed by atoms with Crippen molar-refractivity contribution in [1.82, 2.24) is 5.32 Å². The van der Waals surface area contributed by atoms with E-state index < -0.39 is 12.0 Å². The number of rotatable bonds is 7. The number of nitrogens with one attached hydrogen (secondary N) is 1. The summed E-state index contributed by atoms with van der Waals surface area (Å²) in [5.74, 6) is -1.15. The molecule has 6 nitrogen and oxygen atoms in total. The monoisotopic (exact) mass is 349 g/mol. The summed E-state index contributed by atoms with van der Waals surface area (Å²) in [4.78, 5) is 23.9. The van der Waals surface area contributed by atoms with Gasteiger partial charge in [-0.3, -0.25) is 4.79 Å². The molecule has 1 aliphatic heterocycles. The zero-order valence-electron chi connectivity index (χ0n) is 15.1. The van der Waals surface area contributed by atoms with E-state index in [4.69, 9.17) is 9.47 Å². The van der Waals surface area contributed by atoms with Crippen molar-refractivity contribution in [2.24, 2.45) is 0 Å². The summed E-state index contributed by atoms with van der Waals surface area (Å²) < 4.78 is 10.9. The van der Waals surface area contributed by atoms with Gasteiger partial charge in [-0.15, -0.1) is 0 Å². The highest BCUT2D eigenvalue weighted by atomic mass is 16.5. The molecule has 138 valence electrons. The maximum atomic E-state index is 12.4. The Hall–Kier alpha value is -1.92. The number of aliphatic carboxylic acids is 1. The molecular weight excluding hydrogens is 322 g/mol. The SMILES string of the molecule is CC(C)(C)OCCC(NC(=O)c1cccc(C2CCOC2)c1)C(=O)O. The van der Waals surface area contributed by atoms with E-state index in [0.29, 0.717) is 18.1 Å². The second kappa shape index (κ2) is 8.45. The van der Waals surface area contributed by atoms with Crippen molar-refractivity contribution in [3.8, 4) is 0 Å². The summed E-state index contributed by atoms with van der Waals surface area (Å²) in [6, 6.07) is 6.33. The van der Waals surface area contributed by atoms with Crippen LogP contribution in [0.5, 0.6) is 0 Å². The van der Waals surface area contributed by atoms with Crippen molar-refractivity contribution in [3.05, 3.63) is 35.4 Å².